The van der Waals surface area contributed by atoms with E-state index < -0.39 is 0 Å². The lowest BCUT2D eigenvalue weighted by Gasteiger charge is -2.17. The molecule has 0 bridgehead atoms. The molecule has 0 aliphatic carbocycles. The van der Waals surface area contributed by atoms with E-state index in [2.05, 4.69) is 31.2 Å². The minimum absolute atomic E-state index is 0.536. The number of aryl methyl sites for hydroxylation is 1. The molecule has 0 spiro atoms. The molecule has 5 aromatic rings. The lowest BCUT2D eigenvalue weighted by molar-refractivity contribution is 0.327. The first-order chi connectivity index (χ1) is 15.2. The van der Waals surface area contributed by atoms with Crippen LogP contribution in [0, 0.1) is 0 Å². The van der Waals surface area contributed by atoms with Crippen LogP contribution >= 0.6 is 0 Å². The van der Waals surface area contributed by atoms with Crippen molar-refractivity contribution in [2.75, 3.05) is 21.3 Å². The summed E-state index contributed by atoms with van der Waals surface area (Å²) in [4.78, 5) is 9.94. The highest BCUT2D eigenvalue weighted by molar-refractivity contribution is 6.13. The average molecular weight is 413 g/mol. The Balaban J connectivity index is 2.00. The Morgan fingerprint density at radius 2 is 1.65 bits per heavy atom. The first-order valence-electron chi connectivity index (χ1n) is 10.2. The van der Waals surface area contributed by atoms with Gasteiger partial charge in [-0.3, -0.25) is 4.40 Å². The van der Waals surface area contributed by atoms with Crippen LogP contribution in [0.1, 0.15) is 12.5 Å². The molecule has 0 aliphatic heterocycles. The Bertz CT molecular complexity index is 1420. The van der Waals surface area contributed by atoms with Crippen LogP contribution in [0.4, 0.5) is 0 Å². The van der Waals surface area contributed by atoms with Crippen molar-refractivity contribution in [1.82, 2.24) is 14.4 Å². The summed E-state index contributed by atoms with van der Waals surface area (Å²) < 4.78 is 19.1. The van der Waals surface area contributed by atoms with E-state index in [1.165, 1.54) is 5.56 Å². The molecule has 0 saturated heterocycles. The number of fused-ring (bicyclic) bond motifs is 5. The number of benzene rings is 2. The highest BCUT2D eigenvalue weighted by Crippen LogP contribution is 2.48. The third kappa shape index (κ3) is 2.86. The highest BCUT2D eigenvalue weighted by atomic mass is 16.5. The number of hydrogen-bond donors (Lipinski definition) is 0. The molecule has 0 unspecified atom stereocenters. The van der Waals surface area contributed by atoms with Crippen LogP contribution in [0.3, 0.4) is 0 Å². The minimum Gasteiger partial charge on any atom is -0.493 e. The van der Waals surface area contributed by atoms with Crippen molar-refractivity contribution in [3.63, 3.8) is 0 Å². The zero-order valence-corrected chi connectivity index (χ0v) is 18.0. The van der Waals surface area contributed by atoms with E-state index in [1.807, 2.05) is 34.9 Å². The lowest BCUT2D eigenvalue weighted by Crippen LogP contribution is -1.99. The van der Waals surface area contributed by atoms with Crippen LogP contribution in [0.2, 0.25) is 0 Å². The Morgan fingerprint density at radius 1 is 0.871 bits per heavy atom. The van der Waals surface area contributed by atoms with Crippen LogP contribution in [0.25, 0.3) is 38.8 Å². The standard InChI is InChI=1S/C25H23N3O3/c1-5-15-9-11-16(12-10-15)21-20-17(14-18(29-2)23(30-3)24(20)31-4)22-25(27-21)28-13-7-6-8-19(28)26-22/h6-14H,5H2,1-4H3. The maximum atomic E-state index is 5.84. The van der Waals surface area contributed by atoms with Gasteiger partial charge in [0.25, 0.3) is 0 Å². The third-order valence-electron chi connectivity index (χ3n) is 5.68. The monoisotopic (exact) mass is 413 g/mol. The van der Waals surface area contributed by atoms with Crippen LogP contribution < -0.4 is 14.2 Å². The smallest absolute Gasteiger partial charge is 0.204 e. The Hall–Kier alpha value is -3.80. The van der Waals surface area contributed by atoms with E-state index in [0.717, 1.165) is 45.3 Å². The summed E-state index contributed by atoms with van der Waals surface area (Å²) in [7, 11) is 4.86. The molecule has 156 valence electrons. The summed E-state index contributed by atoms with van der Waals surface area (Å²) in [6.45, 7) is 2.15. The van der Waals surface area contributed by atoms with Gasteiger partial charge in [-0.2, -0.15) is 0 Å². The summed E-state index contributed by atoms with van der Waals surface area (Å²) in [6.07, 6.45) is 2.96. The van der Waals surface area contributed by atoms with Gasteiger partial charge in [0.1, 0.15) is 11.2 Å². The molecule has 0 N–H and O–H groups in total. The van der Waals surface area contributed by atoms with Gasteiger partial charge in [-0.1, -0.05) is 37.3 Å². The van der Waals surface area contributed by atoms with Crippen molar-refractivity contribution in [3.8, 4) is 28.5 Å². The van der Waals surface area contributed by atoms with E-state index >= 15 is 0 Å². The first kappa shape index (κ1) is 19.2. The number of aromatic nitrogens is 3. The van der Waals surface area contributed by atoms with Crippen LogP contribution in [-0.2, 0) is 6.42 Å². The number of pyridine rings is 2. The molecular weight excluding hydrogens is 390 g/mol. The summed E-state index contributed by atoms with van der Waals surface area (Å²) in [5.41, 5.74) is 5.49. The fourth-order valence-corrected chi connectivity index (χ4v) is 4.12. The van der Waals surface area contributed by atoms with Gasteiger partial charge in [0, 0.05) is 17.1 Å². The van der Waals surface area contributed by atoms with Gasteiger partial charge in [0.2, 0.25) is 5.75 Å². The van der Waals surface area contributed by atoms with E-state index in [-0.39, 0.29) is 0 Å². The molecule has 2 aromatic carbocycles. The van der Waals surface area contributed by atoms with Gasteiger partial charge >= 0.3 is 0 Å². The second-order valence-electron chi connectivity index (χ2n) is 7.29. The quantitative estimate of drug-likeness (QED) is 0.392. The maximum Gasteiger partial charge on any atom is 0.204 e. The normalized spacial score (nSPS) is 11.4. The van der Waals surface area contributed by atoms with Gasteiger partial charge < -0.3 is 14.2 Å². The molecule has 0 radical (unpaired) electrons. The molecule has 6 nitrogen and oxygen atoms in total. The zero-order chi connectivity index (χ0) is 21.5. The van der Waals surface area contributed by atoms with E-state index in [9.17, 15) is 0 Å². The molecule has 0 amide bonds. The number of nitrogens with zero attached hydrogens (tertiary/aromatic N) is 3. The third-order valence-corrected chi connectivity index (χ3v) is 5.68. The lowest BCUT2D eigenvalue weighted by atomic mass is 10.00. The van der Waals surface area contributed by atoms with Crippen molar-refractivity contribution < 1.29 is 14.2 Å². The molecular formula is C25H23N3O3. The fraction of sp³-hybridized carbons (Fsp3) is 0.200. The molecule has 0 saturated carbocycles. The SMILES string of the molecule is CCc1ccc(-c2nc3c(nc4ccccn43)c3cc(OC)c(OC)c(OC)c23)cc1. The summed E-state index contributed by atoms with van der Waals surface area (Å²) in [6, 6.07) is 16.3. The predicted molar refractivity (Wildman–Crippen MR) is 122 cm³/mol. The molecule has 0 fully saturated rings. The number of hydrogen-bond acceptors (Lipinski definition) is 5. The Kier molecular flexibility index (Phi) is 4.62. The van der Waals surface area contributed by atoms with Gasteiger partial charge in [-0.05, 0) is 30.2 Å². The molecule has 5 rings (SSSR count). The minimum atomic E-state index is 0.536. The number of rotatable bonds is 5. The average Bonchev–Trinajstić information content (AvgIpc) is 3.21. The Morgan fingerprint density at radius 3 is 2.32 bits per heavy atom. The summed E-state index contributed by atoms with van der Waals surface area (Å²) >= 11 is 0. The molecule has 3 aromatic heterocycles. The second kappa shape index (κ2) is 7.47. The molecule has 31 heavy (non-hydrogen) atoms. The summed E-state index contributed by atoms with van der Waals surface area (Å²) in [5, 5.41) is 1.75. The Labute approximate surface area is 180 Å². The number of imidazole rings is 1. The molecule has 0 atom stereocenters. The van der Waals surface area contributed by atoms with E-state index in [0.29, 0.717) is 17.2 Å². The van der Waals surface area contributed by atoms with Crippen LogP contribution in [0.15, 0.2) is 54.7 Å². The van der Waals surface area contributed by atoms with Gasteiger partial charge in [0.15, 0.2) is 17.1 Å². The highest BCUT2D eigenvalue weighted by Gasteiger charge is 2.24. The topological polar surface area (TPSA) is 57.9 Å². The van der Waals surface area contributed by atoms with Crippen molar-refractivity contribution >= 4 is 27.6 Å². The zero-order valence-electron chi connectivity index (χ0n) is 18.0. The molecule has 3 heterocycles. The van der Waals surface area contributed by atoms with Gasteiger partial charge in [0.05, 0.1) is 32.4 Å². The van der Waals surface area contributed by atoms with Gasteiger partial charge in [-0.15, -0.1) is 0 Å². The van der Waals surface area contributed by atoms with Crippen molar-refractivity contribution in [3.05, 3.63) is 60.3 Å². The van der Waals surface area contributed by atoms with Crippen LogP contribution in [-0.4, -0.2) is 35.7 Å². The predicted octanol–water partition coefficient (Wildman–Crippen LogP) is 5.29. The first-order valence-corrected chi connectivity index (χ1v) is 10.2. The number of methoxy groups -OCH3 is 3. The maximum absolute atomic E-state index is 5.84. The van der Waals surface area contributed by atoms with Crippen LogP contribution in [0.5, 0.6) is 17.2 Å². The van der Waals surface area contributed by atoms with Crippen molar-refractivity contribution in [2.45, 2.75) is 13.3 Å². The van der Waals surface area contributed by atoms with Crippen molar-refractivity contribution in [1.29, 1.82) is 0 Å². The van der Waals surface area contributed by atoms with Gasteiger partial charge in [-0.25, -0.2) is 9.97 Å². The van der Waals surface area contributed by atoms with E-state index in [4.69, 9.17) is 24.2 Å². The second-order valence-corrected chi connectivity index (χ2v) is 7.29. The number of ether oxygens (including phenoxy) is 3. The summed E-state index contributed by atoms with van der Waals surface area (Å²) in [5.74, 6) is 1.70. The molecule has 6 heteroatoms. The largest absolute Gasteiger partial charge is 0.493 e. The van der Waals surface area contributed by atoms with E-state index in [1.54, 1.807) is 21.3 Å². The van der Waals surface area contributed by atoms with Crippen molar-refractivity contribution in [2.24, 2.45) is 0 Å². The molecule has 0 aliphatic rings. The fourth-order valence-electron chi connectivity index (χ4n) is 4.12.